The smallest absolute Gasteiger partial charge is 0.370 e. The van der Waals surface area contributed by atoms with Crippen LogP contribution in [0.2, 0.25) is 0 Å². The normalized spacial score (nSPS) is 20.1. The first-order chi connectivity index (χ1) is 8.46. The average Bonchev–Trinajstić information content (AvgIpc) is 2.24. The molecule has 18 heavy (non-hydrogen) atoms. The first-order valence-corrected chi connectivity index (χ1v) is 5.93. The highest BCUT2D eigenvalue weighted by Gasteiger charge is 2.29. The lowest BCUT2D eigenvalue weighted by molar-refractivity contribution is -0.174. The minimum atomic E-state index is -4.28. The molecule has 0 fully saturated rings. The van der Waals surface area contributed by atoms with E-state index in [0.717, 1.165) is 6.42 Å². The van der Waals surface area contributed by atoms with Crippen LogP contribution in [0.1, 0.15) is 23.5 Å². The highest BCUT2D eigenvalue weighted by molar-refractivity contribution is 5.39. The number of halogens is 3. The molecule has 1 aromatic carbocycles. The summed E-state index contributed by atoms with van der Waals surface area (Å²) in [5, 5.41) is 0. The Morgan fingerprint density at radius 1 is 1.33 bits per heavy atom. The minimum Gasteiger partial charge on any atom is -0.370 e. The largest absolute Gasteiger partial charge is 0.411 e. The molecule has 0 aromatic heterocycles. The van der Waals surface area contributed by atoms with Crippen LogP contribution in [0.5, 0.6) is 0 Å². The van der Waals surface area contributed by atoms with Gasteiger partial charge in [-0.1, -0.05) is 24.3 Å². The summed E-state index contributed by atoms with van der Waals surface area (Å²) >= 11 is 0. The van der Waals surface area contributed by atoms with Crippen molar-refractivity contribution < 1.29 is 17.9 Å². The molecule has 1 aliphatic rings. The van der Waals surface area contributed by atoms with Crippen molar-refractivity contribution in [2.24, 2.45) is 5.73 Å². The Bertz CT molecular complexity index is 405. The molecule has 2 N–H and O–H groups in total. The molecular formula is C13H16F3NO. The van der Waals surface area contributed by atoms with Crippen molar-refractivity contribution in [1.82, 2.24) is 0 Å². The summed E-state index contributed by atoms with van der Waals surface area (Å²) < 4.78 is 40.2. The first kappa shape index (κ1) is 13.4. The Labute approximate surface area is 104 Å². The third-order valence-corrected chi connectivity index (χ3v) is 3.15. The molecule has 2 unspecified atom stereocenters. The van der Waals surface area contributed by atoms with Gasteiger partial charge in [0.15, 0.2) is 0 Å². The first-order valence-electron chi connectivity index (χ1n) is 5.93. The fourth-order valence-electron chi connectivity index (χ4n) is 2.33. The molecule has 1 aliphatic carbocycles. The Kier molecular flexibility index (Phi) is 3.92. The van der Waals surface area contributed by atoms with E-state index in [9.17, 15) is 13.2 Å². The number of ether oxygens (including phenoxy) is 1. The van der Waals surface area contributed by atoms with Gasteiger partial charge >= 0.3 is 6.18 Å². The van der Waals surface area contributed by atoms with Crippen molar-refractivity contribution >= 4 is 0 Å². The Balaban J connectivity index is 1.72. The van der Waals surface area contributed by atoms with Crippen LogP contribution in [0.3, 0.4) is 0 Å². The van der Waals surface area contributed by atoms with E-state index in [1.54, 1.807) is 0 Å². The summed E-state index contributed by atoms with van der Waals surface area (Å²) in [5.41, 5.74) is 8.36. The van der Waals surface area contributed by atoms with E-state index < -0.39 is 12.8 Å². The maximum Gasteiger partial charge on any atom is 0.411 e. The molecule has 1 aromatic rings. The molecule has 0 bridgehead atoms. The number of hydrogen-bond donors (Lipinski definition) is 1. The van der Waals surface area contributed by atoms with E-state index in [0.29, 0.717) is 12.3 Å². The Hall–Kier alpha value is -1.07. The SMILES string of the molecule is NC(COCC(F)(F)F)CC1Cc2ccccc21. The number of nitrogens with two attached hydrogens (primary N) is 1. The maximum atomic E-state index is 11.9. The number of hydrogen-bond acceptors (Lipinski definition) is 2. The summed E-state index contributed by atoms with van der Waals surface area (Å²) in [6.45, 7) is -1.26. The summed E-state index contributed by atoms with van der Waals surface area (Å²) in [7, 11) is 0. The number of alkyl halides is 3. The molecule has 0 heterocycles. The molecular weight excluding hydrogens is 243 g/mol. The van der Waals surface area contributed by atoms with Crippen LogP contribution in [-0.4, -0.2) is 25.4 Å². The van der Waals surface area contributed by atoms with Gasteiger partial charge in [0.1, 0.15) is 6.61 Å². The standard InChI is InChI=1S/C13H16F3NO/c14-13(15,16)8-18-7-11(17)6-10-5-9-3-1-2-4-12(9)10/h1-4,10-11H,5-8,17H2. The van der Waals surface area contributed by atoms with Crippen LogP contribution < -0.4 is 5.73 Å². The van der Waals surface area contributed by atoms with Gasteiger partial charge in [-0.25, -0.2) is 0 Å². The van der Waals surface area contributed by atoms with Crippen LogP contribution in [0.25, 0.3) is 0 Å². The lowest BCUT2D eigenvalue weighted by Gasteiger charge is -2.32. The molecule has 0 saturated carbocycles. The lowest BCUT2D eigenvalue weighted by atomic mass is 9.74. The zero-order valence-electron chi connectivity index (χ0n) is 9.91. The van der Waals surface area contributed by atoms with E-state index in [1.165, 1.54) is 11.1 Å². The van der Waals surface area contributed by atoms with E-state index >= 15 is 0 Å². The van der Waals surface area contributed by atoms with E-state index in [2.05, 4.69) is 10.8 Å². The number of fused-ring (bicyclic) bond motifs is 1. The fourth-order valence-corrected chi connectivity index (χ4v) is 2.33. The fraction of sp³-hybridized carbons (Fsp3) is 0.538. The van der Waals surface area contributed by atoms with Gasteiger partial charge in [-0.2, -0.15) is 13.2 Å². The Morgan fingerprint density at radius 2 is 2.06 bits per heavy atom. The van der Waals surface area contributed by atoms with E-state index in [1.807, 2.05) is 18.2 Å². The second-order valence-electron chi connectivity index (χ2n) is 4.73. The average molecular weight is 259 g/mol. The van der Waals surface area contributed by atoms with Gasteiger partial charge in [-0.05, 0) is 29.9 Å². The van der Waals surface area contributed by atoms with Crippen molar-refractivity contribution in [3.8, 4) is 0 Å². The quantitative estimate of drug-likeness (QED) is 0.882. The minimum absolute atomic E-state index is 0.0435. The van der Waals surface area contributed by atoms with E-state index in [-0.39, 0.29) is 12.6 Å². The van der Waals surface area contributed by atoms with Crippen LogP contribution in [-0.2, 0) is 11.2 Å². The molecule has 0 spiro atoms. The predicted octanol–water partition coefficient (Wildman–Crippen LogP) is 2.62. The third-order valence-electron chi connectivity index (χ3n) is 3.15. The highest BCUT2D eigenvalue weighted by Crippen LogP contribution is 2.37. The van der Waals surface area contributed by atoms with Crippen molar-refractivity contribution in [1.29, 1.82) is 0 Å². The Morgan fingerprint density at radius 3 is 2.72 bits per heavy atom. The van der Waals surface area contributed by atoms with Crippen LogP contribution in [0.4, 0.5) is 13.2 Å². The molecule has 0 saturated heterocycles. The molecule has 0 aliphatic heterocycles. The zero-order valence-corrected chi connectivity index (χ0v) is 9.91. The van der Waals surface area contributed by atoms with E-state index in [4.69, 9.17) is 5.73 Å². The van der Waals surface area contributed by atoms with Crippen molar-refractivity contribution in [3.63, 3.8) is 0 Å². The molecule has 5 heteroatoms. The lowest BCUT2D eigenvalue weighted by Crippen LogP contribution is -2.33. The highest BCUT2D eigenvalue weighted by atomic mass is 19.4. The predicted molar refractivity (Wildman–Crippen MR) is 62.4 cm³/mol. The van der Waals surface area contributed by atoms with Gasteiger partial charge in [-0.15, -0.1) is 0 Å². The molecule has 0 amide bonds. The summed E-state index contributed by atoms with van der Waals surface area (Å²) in [4.78, 5) is 0. The van der Waals surface area contributed by atoms with Gasteiger partial charge in [-0.3, -0.25) is 0 Å². The molecule has 100 valence electrons. The van der Waals surface area contributed by atoms with Crippen LogP contribution in [0.15, 0.2) is 24.3 Å². The van der Waals surface area contributed by atoms with Gasteiger partial charge in [0.25, 0.3) is 0 Å². The second-order valence-corrected chi connectivity index (χ2v) is 4.73. The summed E-state index contributed by atoms with van der Waals surface area (Å²) in [6, 6.07) is 7.73. The van der Waals surface area contributed by atoms with Crippen molar-refractivity contribution in [2.45, 2.75) is 31.0 Å². The van der Waals surface area contributed by atoms with Gasteiger partial charge < -0.3 is 10.5 Å². The molecule has 0 radical (unpaired) electrons. The molecule has 2 nitrogen and oxygen atoms in total. The monoisotopic (exact) mass is 259 g/mol. The number of rotatable bonds is 5. The second kappa shape index (κ2) is 5.28. The molecule has 2 rings (SSSR count). The van der Waals surface area contributed by atoms with Crippen LogP contribution >= 0.6 is 0 Å². The van der Waals surface area contributed by atoms with Gasteiger partial charge in [0, 0.05) is 6.04 Å². The summed E-state index contributed by atoms with van der Waals surface area (Å²) in [6.07, 6.45) is -2.64. The number of benzene rings is 1. The zero-order chi connectivity index (χ0) is 13.2. The van der Waals surface area contributed by atoms with Crippen molar-refractivity contribution in [3.05, 3.63) is 35.4 Å². The van der Waals surface area contributed by atoms with Crippen LogP contribution in [0, 0.1) is 0 Å². The topological polar surface area (TPSA) is 35.2 Å². The van der Waals surface area contributed by atoms with Crippen molar-refractivity contribution in [2.75, 3.05) is 13.2 Å². The molecule has 2 atom stereocenters. The van der Waals surface area contributed by atoms with Gasteiger partial charge in [0.2, 0.25) is 0 Å². The van der Waals surface area contributed by atoms with Gasteiger partial charge in [0.05, 0.1) is 6.61 Å². The third kappa shape index (κ3) is 3.46. The maximum absolute atomic E-state index is 11.9. The summed E-state index contributed by atoms with van der Waals surface area (Å²) in [5.74, 6) is 0.366.